The summed E-state index contributed by atoms with van der Waals surface area (Å²) in [5, 5.41) is -0.0207. The Kier molecular flexibility index (Phi) is 4.72. The predicted molar refractivity (Wildman–Crippen MR) is 56.9 cm³/mol. The van der Waals surface area contributed by atoms with Crippen LogP contribution in [0.25, 0.3) is 0 Å². The smallest absolute Gasteiger partial charge is 0.165 e. The van der Waals surface area contributed by atoms with Gasteiger partial charge in [0.25, 0.3) is 0 Å². The summed E-state index contributed by atoms with van der Waals surface area (Å²) in [5.41, 5.74) is 0.0543. The normalized spacial score (nSPS) is 10.3. The van der Waals surface area contributed by atoms with Crippen LogP contribution in [0.2, 0.25) is 5.02 Å². The molecule has 15 heavy (non-hydrogen) atoms. The quantitative estimate of drug-likeness (QED) is 0.574. The predicted octanol–water partition coefficient (Wildman–Crippen LogP) is 3.09. The van der Waals surface area contributed by atoms with Gasteiger partial charge in [0, 0.05) is 20.1 Å². The van der Waals surface area contributed by atoms with Gasteiger partial charge in [-0.1, -0.05) is 17.7 Å². The van der Waals surface area contributed by atoms with E-state index in [-0.39, 0.29) is 22.8 Å². The van der Waals surface area contributed by atoms with Crippen LogP contribution in [-0.2, 0) is 4.74 Å². The Morgan fingerprint density at radius 3 is 2.93 bits per heavy atom. The first-order valence-electron chi connectivity index (χ1n) is 4.63. The van der Waals surface area contributed by atoms with Crippen molar-refractivity contribution in [2.24, 2.45) is 0 Å². The number of ketones is 1. The molecule has 4 heteroatoms. The third-order valence-corrected chi connectivity index (χ3v) is 2.30. The van der Waals surface area contributed by atoms with Gasteiger partial charge in [-0.3, -0.25) is 4.79 Å². The van der Waals surface area contributed by atoms with Crippen molar-refractivity contribution in [3.05, 3.63) is 34.6 Å². The molecule has 82 valence electrons. The summed E-state index contributed by atoms with van der Waals surface area (Å²) in [6.07, 6.45) is 0.854. The molecular formula is C11H12ClFO2. The lowest BCUT2D eigenvalue weighted by atomic mass is 10.1. The molecule has 0 heterocycles. The van der Waals surface area contributed by atoms with E-state index in [1.807, 2.05) is 0 Å². The maximum absolute atomic E-state index is 13.4. The molecule has 1 aromatic rings. The maximum Gasteiger partial charge on any atom is 0.165 e. The van der Waals surface area contributed by atoms with Gasteiger partial charge in [0.15, 0.2) is 11.6 Å². The van der Waals surface area contributed by atoms with Gasteiger partial charge in [-0.25, -0.2) is 4.39 Å². The fraction of sp³-hybridized carbons (Fsp3) is 0.364. The van der Waals surface area contributed by atoms with Crippen LogP contribution < -0.4 is 0 Å². The Morgan fingerprint density at radius 1 is 1.53 bits per heavy atom. The third kappa shape index (κ3) is 3.29. The Morgan fingerprint density at radius 2 is 2.27 bits per heavy atom. The van der Waals surface area contributed by atoms with E-state index in [9.17, 15) is 9.18 Å². The van der Waals surface area contributed by atoms with Crippen LogP contribution in [-0.4, -0.2) is 19.5 Å². The van der Waals surface area contributed by atoms with Crippen molar-refractivity contribution in [2.45, 2.75) is 12.8 Å². The van der Waals surface area contributed by atoms with Gasteiger partial charge >= 0.3 is 0 Å². The first-order chi connectivity index (χ1) is 7.16. The summed E-state index contributed by atoms with van der Waals surface area (Å²) >= 11 is 5.57. The van der Waals surface area contributed by atoms with Crippen molar-refractivity contribution >= 4 is 17.4 Å². The third-order valence-electron chi connectivity index (χ3n) is 2.00. The van der Waals surface area contributed by atoms with Crippen molar-refractivity contribution in [1.29, 1.82) is 0 Å². The monoisotopic (exact) mass is 230 g/mol. The molecule has 0 aliphatic heterocycles. The first-order valence-corrected chi connectivity index (χ1v) is 5.00. The van der Waals surface area contributed by atoms with Crippen molar-refractivity contribution in [3.8, 4) is 0 Å². The largest absolute Gasteiger partial charge is 0.385 e. The van der Waals surface area contributed by atoms with Crippen LogP contribution in [0.5, 0.6) is 0 Å². The second-order valence-corrected chi connectivity index (χ2v) is 3.53. The second kappa shape index (κ2) is 5.83. The van der Waals surface area contributed by atoms with E-state index < -0.39 is 5.82 Å². The van der Waals surface area contributed by atoms with Gasteiger partial charge in [0.1, 0.15) is 0 Å². The molecule has 0 saturated heterocycles. The molecule has 0 amide bonds. The topological polar surface area (TPSA) is 26.3 Å². The van der Waals surface area contributed by atoms with Crippen LogP contribution in [0, 0.1) is 5.82 Å². The molecule has 0 unspecified atom stereocenters. The van der Waals surface area contributed by atoms with E-state index >= 15 is 0 Å². The van der Waals surface area contributed by atoms with Gasteiger partial charge in [-0.15, -0.1) is 0 Å². The highest BCUT2D eigenvalue weighted by Gasteiger charge is 2.13. The van der Waals surface area contributed by atoms with Gasteiger partial charge < -0.3 is 4.74 Å². The minimum Gasteiger partial charge on any atom is -0.385 e. The average molecular weight is 231 g/mol. The Balaban J connectivity index is 2.69. The van der Waals surface area contributed by atoms with Crippen LogP contribution in [0.1, 0.15) is 23.2 Å². The Bertz CT molecular complexity index is 352. The van der Waals surface area contributed by atoms with E-state index in [0.717, 1.165) is 0 Å². The molecule has 0 saturated carbocycles. The average Bonchev–Trinajstić information content (AvgIpc) is 2.22. The molecule has 0 aliphatic carbocycles. The van der Waals surface area contributed by atoms with Crippen molar-refractivity contribution in [3.63, 3.8) is 0 Å². The van der Waals surface area contributed by atoms with Crippen LogP contribution in [0.15, 0.2) is 18.2 Å². The number of rotatable bonds is 5. The highest BCUT2D eigenvalue weighted by molar-refractivity contribution is 6.31. The SMILES string of the molecule is COCCCC(=O)c1cccc(Cl)c1F. The molecule has 0 aliphatic rings. The van der Waals surface area contributed by atoms with Crippen molar-refractivity contribution < 1.29 is 13.9 Å². The van der Waals surface area contributed by atoms with E-state index in [4.69, 9.17) is 16.3 Å². The number of carbonyl (C=O) groups is 1. The zero-order valence-electron chi connectivity index (χ0n) is 8.43. The molecule has 0 fully saturated rings. The Hall–Kier alpha value is -0.930. The standard InChI is InChI=1S/C11H12ClFO2/c1-15-7-3-6-10(14)8-4-2-5-9(12)11(8)13/h2,4-5H,3,6-7H2,1H3. The number of halogens is 2. The van der Waals surface area contributed by atoms with E-state index in [0.29, 0.717) is 13.0 Å². The molecule has 1 rings (SSSR count). The highest BCUT2D eigenvalue weighted by atomic mass is 35.5. The molecule has 0 N–H and O–H groups in total. The lowest BCUT2D eigenvalue weighted by molar-refractivity contribution is 0.0959. The second-order valence-electron chi connectivity index (χ2n) is 3.12. The van der Waals surface area contributed by atoms with Crippen LogP contribution >= 0.6 is 11.6 Å². The summed E-state index contributed by atoms with van der Waals surface area (Å²) < 4.78 is 18.2. The summed E-state index contributed by atoms with van der Waals surface area (Å²) in [6, 6.07) is 4.42. The number of benzene rings is 1. The zero-order chi connectivity index (χ0) is 11.3. The summed E-state index contributed by atoms with van der Waals surface area (Å²) in [6.45, 7) is 0.494. The summed E-state index contributed by atoms with van der Waals surface area (Å²) in [5.74, 6) is -0.881. The summed E-state index contributed by atoms with van der Waals surface area (Å²) in [7, 11) is 1.56. The first kappa shape index (κ1) is 12.1. The zero-order valence-corrected chi connectivity index (χ0v) is 9.18. The van der Waals surface area contributed by atoms with Gasteiger partial charge in [-0.2, -0.15) is 0 Å². The highest BCUT2D eigenvalue weighted by Crippen LogP contribution is 2.19. The fourth-order valence-electron chi connectivity index (χ4n) is 1.23. The van der Waals surface area contributed by atoms with Crippen LogP contribution in [0.4, 0.5) is 4.39 Å². The van der Waals surface area contributed by atoms with Crippen LogP contribution in [0.3, 0.4) is 0 Å². The summed E-state index contributed by atoms with van der Waals surface area (Å²) in [4.78, 5) is 11.5. The van der Waals surface area contributed by atoms with Crippen molar-refractivity contribution in [2.75, 3.05) is 13.7 Å². The Labute approximate surface area is 93.0 Å². The van der Waals surface area contributed by atoms with Gasteiger partial charge in [0.2, 0.25) is 0 Å². The number of hydrogen-bond acceptors (Lipinski definition) is 2. The lowest BCUT2D eigenvalue weighted by Crippen LogP contribution is -2.04. The number of Topliss-reactive ketones (excluding diaryl/α,β-unsaturated/α-hetero) is 1. The molecule has 0 atom stereocenters. The fourth-order valence-corrected chi connectivity index (χ4v) is 1.41. The molecular weight excluding hydrogens is 219 g/mol. The number of methoxy groups -OCH3 is 1. The lowest BCUT2D eigenvalue weighted by Gasteiger charge is -2.03. The minimum atomic E-state index is -0.637. The molecule has 0 radical (unpaired) electrons. The van der Waals surface area contributed by atoms with Gasteiger partial charge in [0.05, 0.1) is 10.6 Å². The molecule has 0 aromatic heterocycles. The number of carbonyl (C=O) groups excluding carboxylic acids is 1. The minimum absolute atomic E-state index is 0.0207. The number of ether oxygens (including phenoxy) is 1. The van der Waals surface area contributed by atoms with Crippen molar-refractivity contribution in [1.82, 2.24) is 0 Å². The van der Waals surface area contributed by atoms with Gasteiger partial charge in [-0.05, 0) is 18.6 Å². The van der Waals surface area contributed by atoms with E-state index in [1.54, 1.807) is 13.2 Å². The van der Waals surface area contributed by atoms with E-state index in [2.05, 4.69) is 0 Å². The van der Waals surface area contributed by atoms with E-state index in [1.165, 1.54) is 12.1 Å². The molecule has 2 nitrogen and oxygen atoms in total. The molecule has 0 spiro atoms. The maximum atomic E-state index is 13.4. The molecule has 0 bridgehead atoms. The number of hydrogen-bond donors (Lipinski definition) is 0. The molecule has 1 aromatic carbocycles.